The van der Waals surface area contributed by atoms with E-state index in [0.717, 1.165) is 11.1 Å². The standard InChI is InChI=1S/C41H36F3N5O6/c1-26-22-34(47-40(45)46-26)54-21-11-14-27-19-20-32-31(23-27)37(51)49(33(29-15-7-3-8-16-29)24-35(50)55-39(53)41(42,43)44)36(30-17-9-4-10-18-30)38(52)48(32)25-28-12-5-2-6-13-28/h2-10,12-13,15-20,22-23,33,36H,11,14,21,24-25H2,1H3,(H2,45,46,47). The van der Waals surface area contributed by atoms with Gasteiger partial charge in [-0.05, 0) is 54.2 Å². The fraction of sp³-hybridized carbons (Fsp3) is 0.220. The van der Waals surface area contributed by atoms with Gasteiger partial charge in [-0.3, -0.25) is 14.4 Å². The highest BCUT2D eigenvalue weighted by Crippen LogP contribution is 2.42. The second-order valence-electron chi connectivity index (χ2n) is 12.8. The maximum Gasteiger partial charge on any atom is 0.491 e. The molecule has 2 amide bonds. The predicted octanol–water partition coefficient (Wildman–Crippen LogP) is 6.87. The number of aryl methyl sites for hydroxylation is 2. The SMILES string of the molecule is Cc1cc(OCCCc2ccc3c(c2)C(=O)N(C(CC(=O)OC(=O)C(F)(F)F)c2ccccc2)C(c2ccccc2)C(=O)N3Cc2ccccc2)nc(N)n1. The molecular weight excluding hydrogens is 715 g/mol. The molecule has 0 saturated carbocycles. The number of anilines is 2. The molecule has 2 atom stereocenters. The highest BCUT2D eigenvalue weighted by Gasteiger charge is 2.46. The highest BCUT2D eigenvalue weighted by molar-refractivity contribution is 6.11. The Kier molecular flexibility index (Phi) is 11.5. The van der Waals surface area contributed by atoms with E-state index in [1.165, 1.54) is 9.80 Å². The van der Waals surface area contributed by atoms with Crippen LogP contribution in [0.15, 0.2) is 115 Å². The van der Waals surface area contributed by atoms with Gasteiger partial charge < -0.3 is 25.0 Å². The van der Waals surface area contributed by atoms with E-state index in [1.807, 2.05) is 36.4 Å². The Morgan fingerprint density at radius 2 is 1.51 bits per heavy atom. The quantitative estimate of drug-likeness (QED) is 0.0820. The minimum Gasteiger partial charge on any atom is -0.478 e. The molecule has 0 saturated heterocycles. The molecule has 1 aliphatic rings. The van der Waals surface area contributed by atoms with Gasteiger partial charge in [0.1, 0.15) is 6.04 Å². The number of rotatable bonds is 12. The molecule has 6 rings (SSSR count). The van der Waals surface area contributed by atoms with Gasteiger partial charge in [0.25, 0.3) is 11.8 Å². The lowest BCUT2D eigenvalue weighted by Crippen LogP contribution is -2.45. The van der Waals surface area contributed by atoms with E-state index >= 15 is 9.59 Å². The number of carbonyl (C=O) groups excluding carboxylic acids is 4. The maximum atomic E-state index is 15.2. The summed E-state index contributed by atoms with van der Waals surface area (Å²) in [4.78, 5) is 65.9. The molecule has 2 heterocycles. The number of alkyl halides is 3. The summed E-state index contributed by atoms with van der Waals surface area (Å²) in [6.45, 7) is 2.10. The van der Waals surface area contributed by atoms with E-state index in [4.69, 9.17) is 10.5 Å². The van der Waals surface area contributed by atoms with Gasteiger partial charge in [-0.2, -0.15) is 18.2 Å². The highest BCUT2D eigenvalue weighted by atomic mass is 19.4. The van der Waals surface area contributed by atoms with Crippen molar-refractivity contribution in [3.05, 3.63) is 149 Å². The number of carbonyl (C=O) groups is 4. The molecule has 1 aliphatic heterocycles. The van der Waals surface area contributed by atoms with E-state index in [1.54, 1.807) is 85.8 Å². The van der Waals surface area contributed by atoms with Crippen LogP contribution in [0.1, 0.15) is 63.2 Å². The lowest BCUT2D eigenvalue weighted by atomic mass is 9.95. The summed E-state index contributed by atoms with van der Waals surface area (Å²) in [7, 11) is 0. The van der Waals surface area contributed by atoms with E-state index in [9.17, 15) is 22.8 Å². The molecule has 0 bridgehead atoms. The molecule has 0 aliphatic carbocycles. The normalized spacial score (nSPS) is 14.9. The smallest absolute Gasteiger partial charge is 0.478 e. The van der Waals surface area contributed by atoms with Crippen molar-refractivity contribution in [1.29, 1.82) is 0 Å². The summed E-state index contributed by atoms with van der Waals surface area (Å²) < 4.78 is 49.5. The number of halogens is 3. The number of amides is 2. The summed E-state index contributed by atoms with van der Waals surface area (Å²) >= 11 is 0. The summed E-state index contributed by atoms with van der Waals surface area (Å²) in [6, 6.07) is 29.8. The Labute approximate surface area is 314 Å². The van der Waals surface area contributed by atoms with Crippen molar-refractivity contribution in [2.24, 2.45) is 0 Å². The molecule has 282 valence electrons. The number of hydrogen-bond donors (Lipinski definition) is 1. The first-order chi connectivity index (χ1) is 26.4. The first-order valence-corrected chi connectivity index (χ1v) is 17.4. The van der Waals surface area contributed by atoms with Gasteiger partial charge in [-0.15, -0.1) is 0 Å². The Balaban J connectivity index is 1.43. The fourth-order valence-corrected chi connectivity index (χ4v) is 6.48. The molecular formula is C41H36F3N5O6. The number of esters is 2. The third-order valence-electron chi connectivity index (χ3n) is 8.92. The third kappa shape index (κ3) is 9.15. The number of benzene rings is 4. The van der Waals surface area contributed by atoms with Crippen molar-refractivity contribution in [2.45, 2.75) is 51.0 Å². The lowest BCUT2D eigenvalue weighted by Gasteiger charge is -2.37. The number of aromatic nitrogens is 2. The van der Waals surface area contributed by atoms with E-state index in [-0.39, 0.29) is 24.7 Å². The predicted molar refractivity (Wildman–Crippen MR) is 195 cm³/mol. The Bertz CT molecular complexity index is 2150. The van der Waals surface area contributed by atoms with Crippen molar-refractivity contribution in [3.63, 3.8) is 0 Å². The molecule has 55 heavy (non-hydrogen) atoms. The second-order valence-corrected chi connectivity index (χ2v) is 12.8. The first-order valence-electron chi connectivity index (χ1n) is 17.4. The first kappa shape index (κ1) is 38.2. The molecule has 4 aromatic carbocycles. The van der Waals surface area contributed by atoms with Crippen molar-refractivity contribution in [1.82, 2.24) is 14.9 Å². The minimum atomic E-state index is -5.43. The van der Waals surface area contributed by atoms with Gasteiger partial charge in [-0.25, -0.2) is 9.78 Å². The number of nitrogen functional groups attached to an aromatic ring is 1. The van der Waals surface area contributed by atoms with Crippen molar-refractivity contribution >= 4 is 35.4 Å². The van der Waals surface area contributed by atoms with Crippen molar-refractivity contribution in [2.75, 3.05) is 17.2 Å². The van der Waals surface area contributed by atoms with Gasteiger partial charge in [0.05, 0.1) is 36.9 Å². The van der Waals surface area contributed by atoms with Gasteiger partial charge in [0.15, 0.2) is 0 Å². The summed E-state index contributed by atoms with van der Waals surface area (Å²) in [6.07, 6.45) is -5.35. The van der Waals surface area contributed by atoms with E-state index in [2.05, 4.69) is 14.7 Å². The second kappa shape index (κ2) is 16.6. The van der Waals surface area contributed by atoms with Crippen LogP contribution >= 0.6 is 0 Å². The lowest BCUT2D eigenvalue weighted by molar-refractivity contribution is -0.202. The van der Waals surface area contributed by atoms with Crippen LogP contribution in [-0.4, -0.2) is 51.4 Å². The number of nitrogens with zero attached hydrogens (tertiary/aromatic N) is 4. The summed E-state index contributed by atoms with van der Waals surface area (Å²) in [5, 5.41) is 0. The molecule has 2 unspecified atom stereocenters. The molecule has 0 fully saturated rings. The van der Waals surface area contributed by atoms with Crippen LogP contribution in [0.4, 0.5) is 24.8 Å². The van der Waals surface area contributed by atoms with Crippen LogP contribution < -0.4 is 15.4 Å². The van der Waals surface area contributed by atoms with Crippen LogP contribution in [-0.2, 0) is 32.1 Å². The Morgan fingerprint density at radius 1 is 0.855 bits per heavy atom. The zero-order valence-corrected chi connectivity index (χ0v) is 29.6. The zero-order chi connectivity index (χ0) is 39.1. The van der Waals surface area contributed by atoms with Crippen molar-refractivity contribution < 1.29 is 41.8 Å². The summed E-state index contributed by atoms with van der Waals surface area (Å²) in [5.74, 6) is -5.00. The molecule has 1 aromatic heterocycles. The number of nitrogens with two attached hydrogens (primary N) is 1. The monoisotopic (exact) mass is 751 g/mol. The molecule has 5 aromatic rings. The summed E-state index contributed by atoms with van der Waals surface area (Å²) in [5.41, 5.74) is 9.04. The van der Waals surface area contributed by atoms with Crippen molar-refractivity contribution in [3.8, 4) is 5.88 Å². The molecule has 11 nitrogen and oxygen atoms in total. The Hall–Kier alpha value is -6.57. The largest absolute Gasteiger partial charge is 0.491 e. The number of fused-ring (bicyclic) bond motifs is 1. The van der Waals surface area contributed by atoms with Crippen LogP contribution in [0.5, 0.6) is 5.88 Å². The third-order valence-corrected chi connectivity index (χ3v) is 8.92. The molecule has 2 N–H and O–H groups in total. The van der Waals surface area contributed by atoms with Gasteiger partial charge >= 0.3 is 18.1 Å². The number of hydrogen-bond acceptors (Lipinski definition) is 9. The fourth-order valence-electron chi connectivity index (χ4n) is 6.48. The van der Waals surface area contributed by atoms with Crippen LogP contribution in [0.3, 0.4) is 0 Å². The van der Waals surface area contributed by atoms with E-state index < -0.39 is 48.4 Å². The average Bonchev–Trinajstić information content (AvgIpc) is 3.24. The van der Waals surface area contributed by atoms with Crippen LogP contribution in [0, 0.1) is 6.92 Å². The van der Waals surface area contributed by atoms with Crippen LogP contribution in [0.25, 0.3) is 0 Å². The van der Waals surface area contributed by atoms with E-state index in [0.29, 0.717) is 41.2 Å². The van der Waals surface area contributed by atoms with Gasteiger partial charge in [0.2, 0.25) is 11.8 Å². The topological polar surface area (TPSA) is 145 Å². The van der Waals surface area contributed by atoms with Crippen LogP contribution in [0.2, 0.25) is 0 Å². The average molecular weight is 752 g/mol. The molecule has 14 heteroatoms. The molecule has 0 radical (unpaired) electrons. The zero-order valence-electron chi connectivity index (χ0n) is 29.6. The minimum absolute atomic E-state index is 0.0733. The maximum absolute atomic E-state index is 15.2. The molecule has 0 spiro atoms. The van der Waals surface area contributed by atoms with Gasteiger partial charge in [0, 0.05) is 11.8 Å². The van der Waals surface area contributed by atoms with Gasteiger partial charge in [-0.1, -0.05) is 97.1 Å². The Morgan fingerprint density at radius 3 is 2.16 bits per heavy atom. The number of ether oxygens (including phenoxy) is 2.